The van der Waals surface area contributed by atoms with Gasteiger partial charge in [0.25, 0.3) is 5.91 Å². The van der Waals surface area contributed by atoms with Crippen LogP contribution in [0.3, 0.4) is 0 Å². The summed E-state index contributed by atoms with van der Waals surface area (Å²) in [4.78, 5) is 12.0. The van der Waals surface area contributed by atoms with Crippen LogP contribution < -0.4 is 10.1 Å². The Labute approximate surface area is 152 Å². The van der Waals surface area contributed by atoms with Crippen LogP contribution in [0, 0.1) is 6.92 Å². The molecule has 0 fully saturated rings. The van der Waals surface area contributed by atoms with Crippen molar-refractivity contribution in [3.63, 3.8) is 0 Å². The van der Waals surface area contributed by atoms with E-state index < -0.39 is 6.10 Å². The van der Waals surface area contributed by atoms with Gasteiger partial charge in [-0.2, -0.15) is 11.8 Å². The zero-order valence-electron chi connectivity index (χ0n) is 13.9. The number of thioether (sulfide) groups is 1. The van der Waals surface area contributed by atoms with Crippen molar-refractivity contribution < 1.29 is 9.53 Å². The van der Waals surface area contributed by atoms with Crippen LogP contribution in [0.5, 0.6) is 5.75 Å². The van der Waals surface area contributed by atoms with Crippen LogP contribution in [-0.4, -0.2) is 24.3 Å². The van der Waals surface area contributed by atoms with Gasteiger partial charge in [-0.1, -0.05) is 41.4 Å². The number of hydrogen-bond acceptors (Lipinski definition) is 3. The minimum absolute atomic E-state index is 0.110. The maximum absolute atomic E-state index is 12.0. The predicted octanol–water partition coefficient (Wildman–Crippen LogP) is 4.47. The average molecular weight is 364 g/mol. The Balaban J connectivity index is 1.63. The summed E-state index contributed by atoms with van der Waals surface area (Å²) >= 11 is 7.63. The van der Waals surface area contributed by atoms with E-state index in [1.807, 2.05) is 0 Å². The summed E-state index contributed by atoms with van der Waals surface area (Å²) < 4.78 is 5.59. The van der Waals surface area contributed by atoms with Gasteiger partial charge in [0.2, 0.25) is 0 Å². The summed E-state index contributed by atoms with van der Waals surface area (Å²) in [6.07, 6.45) is -0.534. The highest BCUT2D eigenvalue weighted by Crippen LogP contribution is 2.17. The summed E-state index contributed by atoms with van der Waals surface area (Å²) in [5.74, 6) is 2.34. The highest BCUT2D eigenvalue weighted by atomic mass is 35.5. The molecule has 3 nitrogen and oxygen atoms in total. The van der Waals surface area contributed by atoms with E-state index in [1.54, 1.807) is 43.0 Å². The second kappa shape index (κ2) is 9.60. The van der Waals surface area contributed by atoms with Gasteiger partial charge in [0.05, 0.1) is 0 Å². The number of ether oxygens (including phenoxy) is 1. The number of hydrogen-bond donors (Lipinski definition) is 1. The van der Waals surface area contributed by atoms with Crippen LogP contribution >= 0.6 is 23.4 Å². The molecule has 0 saturated heterocycles. The quantitative estimate of drug-likeness (QED) is 0.703. The lowest BCUT2D eigenvalue weighted by atomic mass is 10.2. The third kappa shape index (κ3) is 6.46. The Bertz CT molecular complexity index is 643. The molecule has 0 radical (unpaired) electrons. The largest absolute Gasteiger partial charge is 0.481 e. The SMILES string of the molecule is Cc1ccc(CSCCNC(=O)[C@H](C)Oc2ccc(Cl)cc2)cc1. The van der Waals surface area contributed by atoms with Crippen LogP contribution in [0.1, 0.15) is 18.1 Å². The van der Waals surface area contributed by atoms with Crippen LogP contribution in [0.15, 0.2) is 48.5 Å². The molecule has 1 atom stereocenters. The van der Waals surface area contributed by atoms with Crippen molar-refractivity contribution in [1.29, 1.82) is 0 Å². The lowest BCUT2D eigenvalue weighted by Gasteiger charge is -2.14. The Morgan fingerprint density at radius 1 is 1.17 bits per heavy atom. The Morgan fingerprint density at radius 3 is 2.50 bits per heavy atom. The summed E-state index contributed by atoms with van der Waals surface area (Å²) in [6, 6.07) is 15.5. The van der Waals surface area contributed by atoms with E-state index in [9.17, 15) is 4.79 Å². The second-order valence-corrected chi connectivity index (χ2v) is 7.08. The monoisotopic (exact) mass is 363 g/mol. The van der Waals surface area contributed by atoms with Crippen molar-refractivity contribution in [3.05, 3.63) is 64.7 Å². The van der Waals surface area contributed by atoms with E-state index in [0.29, 0.717) is 17.3 Å². The number of benzene rings is 2. The summed E-state index contributed by atoms with van der Waals surface area (Å²) in [7, 11) is 0. The molecule has 1 N–H and O–H groups in total. The van der Waals surface area contributed by atoms with E-state index in [0.717, 1.165) is 11.5 Å². The minimum atomic E-state index is -0.534. The van der Waals surface area contributed by atoms with Crippen molar-refractivity contribution in [2.45, 2.75) is 25.7 Å². The molecule has 0 unspecified atom stereocenters. The fraction of sp³-hybridized carbons (Fsp3) is 0.316. The molecule has 0 aliphatic heterocycles. The molecule has 0 saturated carbocycles. The molecule has 0 bridgehead atoms. The molecular formula is C19H22ClNO2S. The second-order valence-electron chi connectivity index (χ2n) is 5.54. The van der Waals surface area contributed by atoms with Crippen molar-refractivity contribution in [1.82, 2.24) is 5.32 Å². The van der Waals surface area contributed by atoms with Gasteiger partial charge in [-0.15, -0.1) is 0 Å². The van der Waals surface area contributed by atoms with E-state index in [-0.39, 0.29) is 5.91 Å². The first kappa shape index (κ1) is 18.7. The Morgan fingerprint density at radius 2 is 1.83 bits per heavy atom. The summed E-state index contributed by atoms with van der Waals surface area (Å²) in [5, 5.41) is 3.54. The fourth-order valence-electron chi connectivity index (χ4n) is 2.04. The van der Waals surface area contributed by atoms with Crippen LogP contribution in [-0.2, 0) is 10.5 Å². The van der Waals surface area contributed by atoms with Crippen LogP contribution in [0.2, 0.25) is 5.02 Å². The fourth-order valence-corrected chi connectivity index (χ4v) is 2.98. The standard InChI is InChI=1S/C19H22ClNO2S/c1-14-3-5-16(6-4-14)13-24-12-11-21-19(22)15(2)23-18-9-7-17(20)8-10-18/h3-10,15H,11-13H2,1-2H3,(H,21,22)/t15-/m0/s1. The smallest absolute Gasteiger partial charge is 0.260 e. The van der Waals surface area contributed by atoms with Gasteiger partial charge in [0.1, 0.15) is 5.75 Å². The van der Waals surface area contributed by atoms with E-state index >= 15 is 0 Å². The molecule has 0 spiro atoms. The first-order valence-corrected chi connectivity index (χ1v) is 9.41. The van der Waals surface area contributed by atoms with Crippen molar-refractivity contribution >= 4 is 29.3 Å². The van der Waals surface area contributed by atoms with E-state index in [4.69, 9.17) is 16.3 Å². The molecule has 0 aliphatic rings. The number of carbonyl (C=O) groups is 1. The van der Waals surface area contributed by atoms with Crippen LogP contribution in [0.4, 0.5) is 0 Å². The van der Waals surface area contributed by atoms with E-state index in [1.165, 1.54) is 11.1 Å². The number of carbonyl (C=O) groups excluding carboxylic acids is 1. The third-order valence-corrected chi connectivity index (χ3v) is 4.71. The maximum atomic E-state index is 12.0. The molecule has 2 aromatic carbocycles. The highest BCUT2D eigenvalue weighted by molar-refractivity contribution is 7.98. The first-order valence-electron chi connectivity index (χ1n) is 7.88. The zero-order valence-corrected chi connectivity index (χ0v) is 15.5. The van der Waals surface area contributed by atoms with Crippen molar-refractivity contribution in [3.8, 4) is 5.75 Å². The van der Waals surface area contributed by atoms with Gasteiger partial charge < -0.3 is 10.1 Å². The lowest BCUT2D eigenvalue weighted by Crippen LogP contribution is -2.37. The third-order valence-electron chi connectivity index (χ3n) is 3.43. The van der Waals surface area contributed by atoms with Crippen molar-refractivity contribution in [2.24, 2.45) is 0 Å². The highest BCUT2D eigenvalue weighted by Gasteiger charge is 2.13. The van der Waals surface area contributed by atoms with Gasteiger partial charge in [-0.3, -0.25) is 4.79 Å². The minimum Gasteiger partial charge on any atom is -0.481 e. The van der Waals surface area contributed by atoms with Gasteiger partial charge >= 0.3 is 0 Å². The summed E-state index contributed by atoms with van der Waals surface area (Å²) in [5.41, 5.74) is 2.57. The first-order chi connectivity index (χ1) is 11.5. The number of nitrogens with one attached hydrogen (secondary N) is 1. The molecule has 0 aromatic heterocycles. The van der Waals surface area contributed by atoms with Gasteiger partial charge in [0, 0.05) is 23.1 Å². The number of amides is 1. The number of rotatable bonds is 8. The normalized spacial score (nSPS) is 11.8. The van der Waals surface area contributed by atoms with Gasteiger partial charge in [-0.05, 0) is 43.7 Å². The van der Waals surface area contributed by atoms with Gasteiger partial charge in [0.15, 0.2) is 6.10 Å². The van der Waals surface area contributed by atoms with E-state index in [2.05, 4.69) is 36.5 Å². The zero-order chi connectivity index (χ0) is 17.4. The maximum Gasteiger partial charge on any atom is 0.260 e. The molecule has 1 amide bonds. The topological polar surface area (TPSA) is 38.3 Å². The number of aryl methyl sites for hydroxylation is 1. The molecule has 2 rings (SSSR count). The molecule has 128 valence electrons. The lowest BCUT2D eigenvalue weighted by molar-refractivity contribution is -0.127. The Hall–Kier alpha value is -1.65. The molecule has 5 heteroatoms. The molecule has 0 heterocycles. The molecule has 2 aromatic rings. The molecule has 24 heavy (non-hydrogen) atoms. The number of halogens is 1. The molecular weight excluding hydrogens is 342 g/mol. The van der Waals surface area contributed by atoms with Crippen molar-refractivity contribution in [2.75, 3.05) is 12.3 Å². The summed E-state index contributed by atoms with van der Waals surface area (Å²) in [6.45, 7) is 4.45. The Kier molecular flexibility index (Phi) is 7.47. The van der Waals surface area contributed by atoms with Gasteiger partial charge in [-0.25, -0.2) is 0 Å². The molecule has 0 aliphatic carbocycles. The average Bonchev–Trinajstić information content (AvgIpc) is 2.58. The van der Waals surface area contributed by atoms with Crippen LogP contribution in [0.25, 0.3) is 0 Å². The predicted molar refractivity (Wildman–Crippen MR) is 102 cm³/mol.